The van der Waals surface area contributed by atoms with E-state index in [4.69, 9.17) is 4.74 Å². The molecule has 2 aromatic heterocycles. The molecule has 0 aromatic carbocycles. The predicted octanol–water partition coefficient (Wildman–Crippen LogP) is 2.90. The molecule has 0 radical (unpaired) electrons. The van der Waals surface area contributed by atoms with Gasteiger partial charge in [0.1, 0.15) is 10.4 Å². The topological polar surface area (TPSA) is 69.9 Å². The highest BCUT2D eigenvalue weighted by molar-refractivity contribution is 9.10. The standard InChI is InChI=1S/C14H17BrN4O2/c1-5-21-12(20)9-7-16-19(8-9)11-6-10(15)17-13(18-11)14(2,3)4/h6-8H,5H2,1-4H3. The van der Waals surface area contributed by atoms with Gasteiger partial charge in [-0.1, -0.05) is 20.8 Å². The molecule has 0 spiro atoms. The highest BCUT2D eigenvalue weighted by Crippen LogP contribution is 2.22. The molecule has 0 aliphatic carbocycles. The summed E-state index contributed by atoms with van der Waals surface area (Å²) < 4.78 is 7.15. The van der Waals surface area contributed by atoms with Crippen molar-refractivity contribution in [3.63, 3.8) is 0 Å². The molecule has 0 aliphatic rings. The van der Waals surface area contributed by atoms with E-state index in [1.54, 1.807) is 19.2 Å². The van der Waals surface area contributed by atoms with E-state index in [-0.39, 0.29) is 5.41 Å². The van der Waals surface area contributed by atoms with E-state index in [1.807, 2.05) is 20.8 Å². The second-order valence-corrected chi connectivity index (χ2v) is 6.33. The summed E-state index contributed by atoms with van der Waals surface area (Å²) in [6, 6.07) is 1.75. The third kappa shape index (κ3) is 3.66. The van der Waals surface area contributed by atoms with Crippen LogP contribution in [0.5, 0.6) is 0 Å². The Hall–Kier alpha value is -1.76. The van der Waals surface area contributed by atoms with Crippen LogP contribution in [0.4, 0.5) is 0 Å². The molecule has 112 valence electrons. The van der Waals surface area contributed by atoms with Crippen LogP contribution in [0.2, 0.25) is 0 Å². The van der Waals surface area contributed by atoms with Crippen molar-refractivity contribution < 1.29 is 9.53 Å². The number of carbonyl (C=O) groups is 1. The number of carbonyl (C=O) groups excluding carboxylic acids is 1. The van der Waals surface area contributed by atoms with E-state index in [1.165, 1.54) is 10.9 Å². The molecule has 0 unspecified atom stereocenters. The van der Waals surface area contributed by atoms with Crippen molar-refractivity contribution in [2.45, 2.75) is 33.1 Å². The normalized spacial score (nSPS) is 11.5. The molecule has 0 amide bonds. The van der Waals surface area contributed by atoms with Crippen LogP contribution < -0.4 is 0 Å². The number of hydrogen-bond donors (Lipinski definition) is 0. The summed E-state index contributed by atoms with van der Waals surface area (Å²) in [5, 5.41) is 4.16. The smallest absolute Gasteiger partial charge is 0.341 e. The first-order valence-corrected chi connectivity index (χ1v) is 7.38. The number of hydrogen-bond acceptors (Lipinski definition) is 5. The lowest BCUT2D eigenvalue weighted by Gasteiger charge is -2.17. The number of halogens is 1. The average molecular weight is 353 g/mol. The van der Waals surface area contributed by atoms with Crippen LogP contribution in [-0.2, 0) is 10.2 Å². The summed E-state index contributed by atoms with van der Waals surface area (Å²) in [6.07, 6.45) is 3.06. The first-order valence-electron chi connectivity index (χ1n) is 6.58. The Morgan fingerprint density at radius 2 is 2.10 bits per heavy atom. The fourth-order valence-corrected chi connectivity index (χ4v) is 2.00. The minimum absolute atomic E-state index is 0.185. The van der Waals surface area contributed by atoms with E-state index in [9.17, 15) is 4.79 Å². The van der Waals surface area contributed by atoms with E-state index < -0.39 is 5.97 Å². The molecule has 6 nitrogen and oxygen atoms in total. The van der Waals surface area contributed by atoms with Gasteiger partial charge in [0.05, 0.1) is 18.4 Å². The maximum Gasteiger partial charge on any atom is 0.341 e. The highest BCUT2D eigenvalue weighted by atomic mass is 79.9. The van der Waals surface area contributed by atoms with E-state index in [0.29, 0.717) is 28.4 Å². The summed E-state index contributed by atoms with van der Waals surface area (Å²) in [7, 11) is 0. The first kappa shape index (κ1) is 15.6. The summed E-state index contributed by atoms with van der Waals surface area (Å²) in [5.74, 6) is 0.894. The van der Waals surface area contributed by atoms with E-state index in [0.717, 1.165) is 0 Å². The van der Waals surface area contributed by atoms with Gasteiger partial charge in [0, 0.05) is 17.7 Å². The van der Waals surface area contributed by atoms with Gasteiger partial charge in [-0.05, 0) is 22.9 Å². The zero-order chi connectivity index (χ0) is 15.6. The van der Waals surface area contributed by atoms with Gasteiger partial charge in [-0.3, -0.25) is 0 Å². The maximum atomic E-state index is 11.7. The lowest BCUT2D eigenvalue weighted by molar-refractivity contribution is 0.0526. The van der Waals surface area contributed by atoms with Gasteiger partial charge in [-0.2, -0.15) is 5.10 Å². The van der Waals surface area contributed by atoms with Crippen molar-refractivity contribution in [3.8, 4) is 5.82 Å². The Balaban J connectivity index is 2.39. The lowest BCUT2D eigenvalue weighted by atomic mass is 9.96. The second-order valence-electron chi connectivity index (χ2n) is 5.52. The van der Waals surface area contributed by atoms with Crippen LogP contribution >= 0.6 is 15.9 Å². The molecule has 0 aliphatic heterocycles. The molecule has 7 heteroatoms. The number of aromatic nitrogens is 4. The monoisotopic (exact) mass is 352 g/mol. The number of ether oxygens (including phenoxy) is 1. The largest absolute Gasteiger partial charge is 0.462 e. The maximum absolute atomic E-state index is 11.7. The zero-order valence-corrected chi connectivity index (χ0v) is 14.0. The van der Waals surface area contributed by atoms with Crippen LogP contribution in [0.15, 0.2) is 23.1 Å². The molecule has 0 fully saturated rings. The molecule has 0 saturated carbocycles. The van der Waals surface area contributed by atoms with E-state index in [2.05, 4.69) is 31.0 Å². The van der Waals surface area contributed by atoms with Crippen LogP contribution in [0.3, 0.4) is 0 Å². The van der Waals surface area contributed by atoms with Gasteiger partial charge >= 0.3 is 5.97 Å². The van der Waals surface area contributed by atoms with Gasteiger partial charge in [0.15, 0.2) is 5.82 Å². The van der Waals surface area contributed by atoms with Crippen LogP contribution in [0.1, 0.15) is 43.9 Å². The van der Waals surface area contributed by atoms with Gasteiger partial charge < -0.3 is 4.74 Å². The summed E-state index contributed by atoms with van der Waals surface area (Å²) in [4.78, 5) is 20.5. The summed E-state index contributed by atoms with van der Waals surface area (Å²) in [6.45, 7) is 8.19. The lowest BCUT2D eigenvalue weighted by Crippen LogP contribution is -2.17. The molecule has 0 bridgehead atoms. The van der Waals surface area contributed by atoms with Crippen molar-refractivity contribution in [1.29, 1.82) is 0 Å². The van der Waals surface area contributed by atoms with Gasteiger partial charge in [0.25, 0.3) is 0 Å². The fourth-order valence-electron chi connectivity index (χ4n) is 1.63. The van der Waals surface area contributed by atoms with Crippen molar-refractivity contribution >= 4 is 21.9 Å². The zero-order valence-electron chi connectivity index (χ0n) is 12.4. The Bertz CT molecular complexity index is 661. The third-order valence-electron chi connectivity index (χ3n) is 2.68. The van der Waals surface area contributed by atoms with E-state index >= 15 is 0 Å². The Morgan fingerprint density at radius 3 is 2.71 bits per heavy atom. The quantitative estimate of drug-likeness (QED) is 0.627. The Morgan fingerprint density at radius 1 is 1.38 bits per heavy atom. The first-order chi connectivity index (χ1) is 9.81. The highest BCUT2D eigenvalue weighted by Gasteiger charge is 2.20. The van der Waals surface area contributed by atoms with Crippen LogP contribution in [0, 0.1) is 0 Å². The molecule has 21 heavy (non-hydrogen) atoms. The SMILES string of the molecule is CCOC(=O)c1cnn(-c2cc(Br)nc(C(C)(C)C)n2)c1. The average Bonchev–Trinajstić information content (AvgIpc) is 2.87. The van der Waals surface area contributed by atoms with Crippen molar-refractivity contribution in [2.75, 3.05) is 6.61 Å². The van der Waals surface area contributed by atoms with Crippen LogP contribution in [-0.4, -0.2) is 32.3 Å². The predicted molar refractivity (Wildman–Crippen MR) is 81.5 cm³/mol. The number of rotatable bonds is 3. The van der Waals surface area contributed by atoms with Crippen molar-refractivity contribution in [1.82, 2.24) is 19.7 Å². The van der Waals surface area contributed by atoms with Gasteiger partial charge in [-0.25, -0.2) is 19.4 Å². The summed E-state index contributed by atoms with van der Waals surface area (Å²) in [5.41, 5.74) is 0.208. The van der Waals surface area contributed by atoms with Crippen molar-refractivity contribution in [3.05, 3.63) is 34.5 Å². The molecular formula is C14H17BrN4O2. The van der Waals surface area contributed by atoms with Crippen LogP contribution in [0.25, 0.3) is 5.82 Å². The summed E-state index contributed by atoms with van der Waals surface area (Å²) >= 11 is 3.38. The fraction of sp³-hybridized carbons (Fsp3) is 0.429. The molecule has 0 N–H and O–H groups in total. The molecule has 2 rings (SSSR count). The Kier molecular flexibility index (Phi) is 4.41. The molecule has 0 atom stereocenters. The van der Waals surface area contributed by atoms with Crippen molar-refractivity contribution in [2.24, 2.45) is 0 Å². The molecular weight excluding hydrogens is 336 g/mol. The van der Waals surface area contributed by atoms with Gasteiger partial charge in [0.2, 0.25) is 0 Å². The second kappa shape index (κ2) is 5.93. The molecule has 2 heterocycles. The third-order valence-corrected chi connectivity index (χ3v) is 3.09. The minimum Gasteiger partial charge on any atom is -0.462 e. The Labute approximate surface area is 131 Å². The van der Waals surface area contributed by atoms with Gasteiger partial charge in [-0.15, -0.1) is 0 Å². The molecule has 2 aromatic rings. The number of esters is 1. The number of nitrogens with zero attached hydrogens (tertiary/aromatic N) is 4. The minimum atomic E-state index is -0.395. The molecule has 0 saturated heterocycles.